The van der Waals surface area contributed by atoms with Gasteiger partial charge in [-0.2, -0.15) is 0 Å². The molecule has 3 nitrogen and oxygen atoms in total. The second-order valence-electron chi connectivity index (χ2n) is 5.15. The van der Waals surface area contributed by atoms with E-state index in [0.29, 0.717) is 5.75 Å². The lowest BCUT2D eigenvalue weighted by atomic mass is 10.1. The van der Waals surface area contributed by atoms with Crippen molar-refractivity contribution in [3.8, 4) is 11.1 Å². The fourth-order valence-electron chi connectivity index (χ4n) is 2.46. The van der Waals surface area contributed by atoms with Crippen LogP contribution in [0.25, 0.3) is 11.1 Å². The molecule has 1 atom stereocenters. The molecule has 21 heavy (non-hydrogen) atoms. The van der Waals surface area contributed by atoms with Gasteiger partial charge in [-0.15, -0.1) is 23.7 Å². The quantitative estimate of drug-likeness (QED) is 0.927. The minimum absolute atomic E-state index is 0. The molecule has 1 aliphatic rings. The van der Waals surface area contributed by atoms with Crippen LogP contribution in [0.2, 0.25) is 0 Å². The number of rotatable bonds is 4. The van der Waals surface area contributed by atoms with Gasteiger partial charge in [0.15, 0.2) is 9.84 Å². The number of hydrogen-bond donors (Lipinski definition) is 1. The third-order valence-electron chi connectivity index (χ3n) is 3.56. The molecule has 0 amide bonds. The topological polar surface area (TPSA) is 46.2 Å². The van der Waals surface area contributed by atoms with Crippen molar-refractivity contribution >= 4 is 33.6 Å². The van der Waals surface area contributed by atoms with Crippen LogP contribution < -0.4 is 5.32 Å². The molecule has 0 bridgehead atoms. The predicted octanol–water partition coefficient (Wildman–Crippen LogP) is 3.11. The maximum absolute atomic E-state index is 11.4. The van der Waals surface area contributed by atoms with E-state index < -0.39 is 9.84 Å². The van der Waals surface area contributed by atoms with Gasteiger partial charge in [0.2, 0.25) is 0 Å². The van der Waals surface area contributed by atoms with Gasteiger partial charge in [0.25, 0.3) is 0 Å². The zero-order valence-corrected chi connectivity index (χ0v) is 13.9. The van der Waals surface area contributed by atoms with E-state index in [4.69, 9.17) is 0 Å². The fraction of sp³-hybridized carbons (Fsp3) is 0.333. The molecule has 0 aliphatic carbocycles. The highest BCUT2D eigenvalue weighted by atomic mass is 35.5. The molecule has 1 saturated heterocycles. The van der Waals surface area contributed by atoms with Gasteiger partial charge < -0.3 is 5.32 Å². The lowest BCUT2D eigenvalue weighted by Gasteiger charge is -2.08. The summed E-state index contributed by atoms with van der Waals surface area (Å²) >= 11 is 1.72. The van der Waals surface area contributed by atoms with E-state index in [1.54, 1.807) is 11.3 Å². The Morgan fingerprint density at radius 3 is 2.62 bits per heavy atom. The molecule has 2 aromatic rings. The van der Waals surface area contributed by atoms with E-state index in [1.807, 2.05) is 18.2 Å². The zero-order valence-electron chi connectivity index (χ0n) is 11.5. The molecule has 3 rings (SSSR count). The van der Waals surface area contributed by atoms with Crippen molar-refractivity contribution < 1.29 is 8.42 Å². The summed E-state index contributed by atoms with van der Waals surface area (Å²) in [5.74, 6) is 0.605. The molecule has 2 heterocycles. The van der Waals surface area contributed by atoms with Gasteiger partial charge >= 0.3 is 0 Å². The zero-order chi connectivity index (χ0) is 14.0. The molecule has 114 valence electrons. The summed E-state index contributed by atoms with van der Waals surface area (Å²) in [6.45, 7) is 0.748. The monoisotopic (exact) mass is 343 g/mol. The number of benzene rings is 1. The Kier molecular flexibility index (Phi) is 5.43. The standard InChI is InChI=1S/C15H17NO2S2.ClH/c17-20(18)7-6-14(11-20)16-9-15-8-13(10-19-15)12-4-2-1-3-5-12;/h1-5,8,10,14,16H,6-7,9,11H2;1H. The normalized spacial score (nSPS) is 20.1. The highest BCUT2D eigenvalue weighted by Crippen LogP contribution is 2.25. The summed E-state index contributed by atoms with van der Waals surface area (Å²) in [7, 11) is -2.80. The van der Waals surface area contributed by atoms with Crippen LogP contribution in [0.15, 0.2) is 41.8 Å². The van der Waals surface area contributed by atoms with Gasteiger partial charge in [-0.1, -0.05) is 30.3 Å². The van der Waals surface area contributed by atoms with Gasteiger partial charge in [0, 0.05) is 17.5 Å². The molecule has 1 aromatic carbocycles. The second kappa shape index (κ2) is 6.92. The average molecular weight is 344 g/mol. The lowest BCUT2D eigenvalue weighted by molar-refractivity contribution is 0.557. The third-order valence-corrected chi connectivity index (χ3v) is 6.26. The first-order chi connectivity index (χ1) is 9.62. The minimum atomic E-state index is -2.80. The minimum Gasteiger partial charge on any atom is -0.308 e. The molecule has 1 unspecified atom stereocenters. The molecular formula is C15H18ClNO2S2. The van der Waals surface area contributed by atoms with Crippen molar-refractivity contribution in [1.29, 1.82) is 0 Å². The first-order valence-corrected chi connectivity index (χ1v) is 9.39. The van der Waals surface area contributed by atoms with Crippen LogP contribution in [-0.4, -0.2) is 26.0 Å². The lowest BCUT2D eigenvalue weighted by Crippen LogP contribution is -2.29. The molecule has 0 spiro atoms. The number of nitrogens with one attached hydrogen (secondary N) is 1. The van der Waals surface area contributed by atoms with Gasteiger partial charge in [0.1, 0.15) is 0 Å². The molecule has 1 aliphatic heterocycles. The first-order valence-electron chi connectivity index (χ1n) is 6.69. The second-order valence-corrected chi connectivity index (χ2v) is 8.37. The molecule has 0 saturated carbocycles. The van der Waals surface area contributed by atoms with Gasteiger partial charge in [0.05, 0.1) is 11.5 Å². The molecule has 1 aromatic heterocycles. The maximum Gasteiger partial charge on any atom is 0.151 e. The highest BCUT2D eigenvalue weighted by Gasteiger charge is 2.27. The Morgan fingerprint density at radius 1 is 1.19 bits per heavy atom. The number of sulfone groups is 1. The number of hydrogen-bond acceptors (Lipinski definition) is 4. The van der Waals surface area contributed by atoms with Crippen molar-refractivity contribution in [2.24, 2.45) is 0 Å². The van der Waals surface area contributed by atoms with E-state index in [0.717, 1.165) is 13.0 Å². The average Bonchev–Trinajstić information content (AvgIpc) is 3.04. The van der Waals surface area contributed by atoms with Crippen LogP contribution >= 0.6 is 23.7 Å². The highest BCUT2D eigenvalue weighted by molar-refractivity contribution is 7.91. The van der Waals surface area contributed by atoms with E-state index >= 15 is 0 Å². The fourth-order valence-corrected chi connectivity index (χ4v) is 5.01. The Labute approximate surface area is 135 Å². The molecule has 1 fully saturated rings. The molecule has 6 heteroatoms. The summed E-state index contributed by atoms with van der Waals surface area (Å²) in [6.07, 6.45) is 0.735. The van der Waals surface area contributed by atoms with Gasteiger partial charge in [-0.05, 0) is 29.0 Å². The smallest absolute Gasteiger partial charge is 0.151 e. The summed E-state index contributed by atoms with van der Waals surface area (Å²) in [5, 5.41) is 5.50. The summed E-state index contributed by atoms with van der Waals surface area (Å²) in [4.78, 5) is 1.24. The van der Waals surface area contributed by atoms with Crippen LogP contribution in [0, 0.1) is 0 Å². The van der Waals surface area contributed by atoms with E-state index in [2.05, 4.69) is 28.9 Å². The third kappa shape index (κ3) is 4.30. The van der Waals surface area contributed by atoms with Crippen LogP contribution in [-0.2, 0) is 16.4 Å². The van der Waals surface area contributed by atoms with Crippen LogP contribution in [0.4, 0.5) is 0 Å². The van der Waals surface area contributed by atoms with Gasteiger partial charge in [-0.3, -0.25) is 0 Å². The maximum atomic E-state index is 11.4. The van der Waals surface area contributed by atoms with E-state index in [1.165, 1.54) is 16.0 Å². The summed E-state index contributed by atoms with van der Waals surface area (Å²) in [6, 6.07) is 12.6. The van der Waals surface area contributed by atoms with Crippen molar-refractivity contribution in [2.75, 3.05) is 11.5 Å². The van der Waals surface area contributed by atoms with E-state index in [9.17, 15) is 8.42 Å². The van der Waals surface area contributed by atoms with Crippen LogP contribution in [0.5, 0.6) is 0 Å². The Balaban J connectivity index is 0.00000161. The predicted molar refractivity (Wildman–Crippen MR) is 90.9 cm³/mol. The molecule has 1 N–H and O–H groups in total. The van der Waals surface area contributed by atoms with Crippen molar-refractivity contribution in [2.45, 2.75) is 19.0 Å². The van der Waals surface area contributed by atoms with Crippen LogP contribution in [0.1, 0.15) is 11.3 Å². The van der Waals surface area contributed by atoms with E-state index in [-0.39, 0.29) is 24.2 Å². The summed E-state index contributed by atoms with van der Waals surface area (Å²) < 4.78 is 22.8. The number of halogens is 1. The SMILES string of the molecule is Cl.O=S1(=O)CCC(NCc2cc(-c3ccccc3)cs2)C1. The Hall–Kier alpha value is -0.880. The Bertz CT molecular complexity index is 683. The molecule has 0 radical (unpaired) electrons. The summed E-state index contributed by atoms with van der Waals surface area (Å²) in [5.41, 5.74) is 2.45. The van der Waals surface area contributed by atoms with Crippen LogP contribution in [0.3, 0.4) is 0 Å². The van der Waals surface area contributed by atoms with Crippen molar-refractivity contribution in [1.82, 2.24) is 5.32 Å². The largest absolute Gasteiger partial charge is 0.308 e. The Morgan fingerprint density at radius 2 is 1.95 bits per heavy atom. The van der Waals surface area contributed by atoms with Crippen molar-refractivity contribution in [3.05, 3.63) is 46.7 Å². The number of thiophene rings is 1. The van der Waals surface area contributed by atoms with Crippen molar-refractivity contribution in [3.63, 3.8) is 0 Å². The first kappa shape index (κ1) is 16.5. The molecular weight excluding hydrogens is 326 g/mol. The van der Waals surface area contributed by atoms with Gasteiger partial charge in [-0.25, -0.2) is 8.42 Å².